The highest BCUT2D eigenvalue weighted by Crippen LogP contribution is 2.28. The van der Waals surface area contributed by atoms with Crippen molar-refractivity contribution in [2.24, 2.45) is 5.92 Å². The van der Waals surface area contributed by atoms with Crippen LogP contribution in [0, 0.1) is 11.7 Å². The number of nitrogens with zero attached hydrogens (tertiary/aromatic N) is 3. The third-order valence-electron chi connectivity index (χ3n) is 4.72. The molecule has 1 fully saturated rings. The molecule has 1 saturated heterocycles. The van der Waals surface area contributed by atoms with Gasteiger partial charge < -0.3 is 4.52 Å². The number of sulfonamides is 1. The number of aromatic nitrogens is 2. The minimum absolute atomic E-state index is 0.00270. The van der Waals surface area contributed by atoms with E-state index in [4.69, 9.17) is 16.1 Å². The lowest BCUT2D eigenvalue weighted by atomic mass is 9.96. The Kier molecular flexibility index (Phi) is 5.50. The van der Waals surface area contributed by atoms with Gasteiger partial charge in [0.05, 0.1) is 9.92 Å². The molecule has 1 unspecified atom stereocenters. The minimum Gasteiger partial charge on any atom is -0.339 e. The van der Waals surface area contributed by atoms with Gasteiger partial charge >= 0.3 is 0 Å². The van der Waals surface area contributed by atoms with Crippen LogP contribution in [0.2, 0.25) is 5.02 Å². The third kappa shape index (κ3) is 3.98. The van der Waals surface area contributed by atoms with Crippen molar-refractivity contribution in [3.05, 3.63) is 51.8 Å². The zero-order chi connectivity index (χ0) is 19.7. The molecule has 6 nitrogen and oxygen atoms in total. The fraction of sp³-hybridized carbons (Fsp3) is 0.333. The van der Waals surface area contributed by atoms with Crippen molar-refractivity contribution in [2.75, 3.05) is 13.1 Å². The average Bonchev–Trinajstić information content (AvgIpc) is 3.36. The molecule has 28 heavy (non-hydrogen) atoms. The molecule has 0 saturated carbocycles. The summed E-state index contributed by atoms with van der Waals surface area (Å²) in [7, 11) is -3.74. The van der Waals surface area contributed by atoms with Gasteiger partial charge in [0.1, 0.15) is 5.82 Å². The number of thiophene rings is 1. The lowest BCUT2D eigenvalue weighted by molar-refractivity contribution is 0.247. The van der Waals surface area contributed by atoms with Crippen LogP contribution in [0.5, 0.6) is 0 Å². The maximum Gasteiger partial charge on any atom is 0.243 e. The van der Waals surface area contributed by atoms with Crippen molar-refractivity contribution in [3.63, 3.8) is 0 Å². The first kappa shape index (κ1) is 19.5. The highest BCUT2D eigenvalue weighted by atomic mass is 35.5. The first-order chi connectivity index (χ1) is 13.4. The highest BCUT2D eigenvalue weighted by molar-refractivity contribution is 7.89. The number of hydrogen-bond donors (Lipinski definition) is 0. The van der Waals surface area contributed by atoms with E-state index in [0.717, 1.165) is 30.5 Å². The molecule has 0 aliphatic carbocycles. The number of piperidine rings is 1. The van der Waals surface area contributed by atoms with Crippen LogP contribution in [0.4, 0.5) is 4.39 Å². The SMILES string of the molecule is O=S(=O)(c1ccc(F)c(Cl)c1)N1CCCC(Cc2nc(-c3ccsc3)no2)C1. The molecule has 1 atom stereocenters. The number of halogens is 2. The minimum atomic E-state index is -3.74. The van der Waals surface area contributed by atoms with E-state index in [9.17, 15) is 12.8 Å². The van der Waals surface area contributed by atoms with Crippen molar-refractivity contribution in [1.29, 1.82) is 0 Å². The maximum atomic E-state index is 13.4. The highest BCUT2D eigenvalue weighted by Gasteiger charge is 2.31. The standard InChI is InChI=1S/C18H17ClFN3O3S2/c19-15-9-14(3-4-16(15)20)28(24,25)23-6-1-2-12(10-23)8-17-21-18(22-26-17)13-5-7-27-11-13/h3-5,7,9,11-12H,1-2,6,8,10H2. The predicted molar refractivity (Wildman–Crippen MR) is 104 cm³/mol. The van der Waals surface area contributed by atoms with E-state index < -0.39 is 15.8 Å². The van der Waals surface area contributed by atoms with E-state index in [1.807, 2.05) is 16.8 Å². The largest absolute Gasteiger partial charge is 0.339 e. The van der Waals surface area contributed by atoms with Crippen molar-refractivity contribution >= 4 is 33.0 Å². The fourth-order valence-corrected chi connectivity index (χ4v) is 5.75. The van der Waals surface area contributed by atoms with Gasteiger partial charge in [-0.2, -0.15) is 20.6 Å². The molecular formula is C18H17ClFN3O3S2. The summed E-state index contributed by atoms with van der Waals surface area (Å²) in [5, 5.41) is 7.67. The Balaban J connectivity index is 1.47. The Hall–Kier alpha value is -1.81. The second-order valence-electron chi connectivity index (χ2n) is 6.68. The molecule has 1 aliphatic rings. The van der Waals surface area contributed by atoms with Gasteiger partial charge in [0.2, 0.25) is 21.7 Å². The van der Waals surface area contributed by atoms with Crippen molar-refractivity contribution in [3.8, 4) is 11.4 Å². The van der Waals surface area contributed by atoms with Crippen LogP contribution in [-0.4, -0.2) is 36.0 Å². The maximum absolute atomic E-state index is 13.4. The molecule has 148 valence electrons. The van der Waals surface area contributed by atoms with Gasteiger partial charge in [-0.25, -0.2) is 12.8 Å². The topological polar surface area (TPSA) is 76.3 Å². The summed E-state index contributed by atoms with van der Waals surface area (Å²) in [5.74, 6) is 0.456. The van der Waals surface area contributed by atoms with E-state index in [2.05, 4.69) is 10.1 Å². The van der Waals surface area contributed by atoms with Gasteiger partial charge in [-0.1, -0.05) is 16.8 Å². The molecule has 10 heteroatoms. The summed E-state index contributed by atoms with van der Waals surface area (Å²) < 4.78 is 45.9. The molecule has 0 amide bonds. The van der Waals surface area contributed by atoms with E-state index in [-0.39, 0.29) is 15.8 Å². The van der Waals surface area contributed by atoms with Crippen LogP contribution < -0.4 is 0 Å². The Morgan fingerprint density at radius 2 is 2.21 bits per heavy atom. The van der Waals surface area contributed by atoms with Gasteiger partial charge in [-0.15, -0.1) is 0 Å². The smallest absolute Gasteiger partial charge is 0.243 e. The summed E-state index contributed by atoms with van der Waals surface area (Å²) >= 11 is 7.31. The molecule has 0 spiro atoms. The Bertz CT molecular complexity index is 1070. The lowest BCUT2D eigenvalue weighted by Crippen LogP contribution is -2.40. The predicted octanol–water partition coefficient (Wildman–Crippen LogP) is 4.23. The molecule has 1 aliphatic heterocycles. The quantitative estimate of drug-likeness (QED) is 0.592. The van der Waals surface area contributed by atoms with Crippen LogP contribution in [0.1, 0.15) is 18.7 Å². The zero-order valence-corrected chi connectivity index (χ0v) is 17.1. The Morgan fingerprint density at radius 1 is 1.36 bits per heavy atom. The molecule has 4 rings (SSSR count). The second-order valence-corrected chi connectivity index (χ2v) is 9.80. The van der Waals surface area contributed by atoms with Crippen LogP contribution in [0.25, 0.3) is 11.4 Å². The van der Waals surface area contributed by atoms with Gasteiger partial charge in [0, 0.05) is 30.5 Å². The van der Waals surface area contributed by atoms with Crippen LogP contribution in [0.15, 0.2) is 44.4 Å². The fourth-order valence-electron chi connectivity index (χ4n) is 3.29. The van der Waals surface area contributed by atoms with Crippen LogP contribution in [0.3, 0.4) is 0 Å². The first-order valence-corrected chi connectivity index (χ1v) is 11.5. The van der Waals surface area contributed by atoms with E-state index in [1.165, 1.54) is 10.4 Å². The summed E-state index contributed by atoms with van der Waals surface area (Å²) in [6.07, 6.45) is 2.10. The lowest BCUT2D eigenvalue weighted by Gasteiger charge is -2.31. The Labute approximate surface area is 171 Å². The van der Waals surface area contributed by atoms with Gasteiger partial charge in [-0.05, 0) is 48.4 Å². The zero-order valence-electron chi connectivity index (χ0n) is 14.7. The molecule has 0 radical (unpaired) electrons. The molecule has 0 N–H and O–H groups in total. The van der Waals surface area contributed by atoms with Crippen molar-refractivity contribution in [1.82, 2.24) is 14.4 Å². The van der Waals surface area contributed by atoms with Gasteiger partial charge in [-0.3, -0.25) is 0 Å². The number of rotatable bonds is 5. The van der Waals surface area contributed by atoms with Crippen molar-refractivity contribution in [2.45, 2.75) is 24.2 Å². The Morgan fingerprint density at radius 3 is 2.96 bits per heavy atom. The normalized spacial score (nSPS) is 18.4. The molecule has 1 aromatic carbocycles. The summed E-state index contributed by atoms with van der Waals surface area (Å²) in [6.45, 7) is 0.755. The van der Waals surface area contributed by atoms with E-state index in [0.29, 0.717) is 31.2 Å². The van der Waals surface area contributed by atoms with Gasteiger partial charge in [0.25, 0.3) is 0 Å². The van der Waals surface area contributed by atoms with Crippen molar-refractivity contribution < 1.29 is 17.3 Å². The monoisotopic (exact) mass is 441 g/mol. The van der Waals surface area contributed by atoms with Gasteiger partial charge in [0.15, 0.2) is 0 Å². The van der Waals surface area contributed by atoms with Crippen LogP contribution >= 0.6 is 22.9 Å². The number of benzene rings is 1. The van der Waals surface area contributed by atoms with E-state index in [1.54, 1.807) is 11.3 Å². The summed E-state index contributed by atoms with van der Waals surface area (Å²) in [4.78, 5) is 4.41. The average molecular weight is 442 g/mol. The first-order valence-electron chi connectivity index (χ1n) is 8.74. The molecule has 3 heterocycles. The second kappa shape index (κ2) is 7.90. The third-order valence-corrected chi connectivity index (χ3v) is 7.56. The summed E-state index contributed by atoms with van der Waals surface area (Å²) in [5.41, 5.74) is 0.904. The molecule has 2 aromatic heterocycles. The molecule has 0 bridgehead atoms. The molecular weight excluding hydrogens is 425 g/mol. The summed E-state index contributed by atoms with van der Waals surface area (Å²) in [6, 6.07) is 5.38. The number of hydrogen-bond acceptors (Lipinski definition) is 6. The van der Waals surface area contributed by atoms with E-state index >= 15 is 0 Å². The van der Waals surface area contributed by atoms with Crippen LogP contribution in [-0.2, 0) is 16.4 Å². The molecule has 3 aromatic rings.